The van der Waals surface area contributed by atoms with Gasteiger partial charge >= 0.3 is 0 Å². The molecule has 0 radical (unpaired) electrons. The first-order valence-corrected chi connectivity index (χ1v) is 6.90. The minimum Gasteiger partial charge on any atom is -0.461 e. The Balaban J connectivity index is 2.14. The van der Waals surface area contributed by atoms with E-state index in [1.165, 1.54) is 0 Å². The van der Waals surface area contributed by atoms with Crippen LogP contribution in [-0.4, -0.2) is 0 Å². The summed E-state index contributed by atoms with van der Waals surface area (Å²) in [5.74, 6) is 1.42. The largest absolute Gasteiger partial charge is 0.461 e. The molecule has 2 aromatic carbocycles. The summed E-state index contributed by atoms with van der Waals surface area (Å²) in [5, 5.41) is 9.62. The fraction of sp³-hybridized carbons (Fsp3) is 0.105. The Morgan fingerprint density at radius 2 is 1.57 bits per heavy atom. The summed E-state index contributed by atoms with van der Waals surface area (Å²) in [4.78, 5) is 0. The molecule has 1 atom stereocenters. The van der Waals surface area contributed by atoms with E-state index in [-0.39, 0.29) is 5.92 Å². The number of ether oxygens (including phenoxy) is 1. The third-order valence-electron chi connectivity index (χ3n) is 3.54. The van der Waals surface area contributed by atoms with Gasteiger partial charge in [-0.2, -0.15) is 5.26 Å². The molecule has 1 heterocycles. The molecule has 0 bridgehead atoms. The van der Waals surface area contributed by atoms with E-state index in [1.807, 2.05) is 73.7 Å². The topological polar surface area (TPSA) is 33.0 Å². The van der Waals surface area contributed by atoms with E-state index in [0.29, 0.717) is 11.3 Å². The predicted molar refractivity (Wildman–Crippen MR) is 83.0 cm³/mol. The lowest BCUT2D eigenvalue weighted by molar-refractivity contribution is 0.369. The molecule has 0 fully saturated rings. The Hall–Kier alpha value is -2.79. The van der Waals surface area contributed by atoms with Gasteiger partial charge in [0.1, 0.15) is 5.76 Å². The fourth-order valence-corrected chi connectivity index (χ4v) is 2.56. The van der Waals surface area contributed by atoms with Crippen molar-refractivity contribution in [3.05, 3.63) is 89.2 Å². The van der Waals surface area contributed by atoms with Crippen molar-refractivity contribution in [2.75, 3.05) is 0 Å². The number of rotatable bonds is 2. The van der Waals surface area contributed by atoms with Crippen molar-refractivity contribution < 1.29 is 4.74 Å². The summed E-state index contributed by atoms with van der Waals surface area (Å²) < 4.78 is 5.85. The molecule has 1 aliphatic rings. The normalized spacial score (nSPS) is 17.7. The van der Waals surface area contributed by atoms with E-state index < -0.39 is 0 Å². The Kier molecular flexibility index (Phi) is 3.57. The Bertz CT molecular complexity index is 736. The Morgan fingerprint density at radius 3 is 2.19 bits per heavy atom. The van der Waals surface area contributed by atoms with Crippen LogP contribution in [0.4, 0.5) is 0 Å². The number of hydrogen-bond acceptors (Lipinski definition) is 2. The molecule has 0 aliphatic carbocycles. The number of hydrogen-bond donors (Lipinski definition) is 0. The molecule has 2 aromatic rings. The highest BCUT2D eigenvalue weighted by Crippen LogP contribution is 2.38. The molecule has 21 heavy (non-hydrogen) atoms. The molecule has 0 N–H and O–H groups in total. The molecule has 0 saturated carbocycles. The third kappa shape index (κ3) is 2.59. The number of nitriles is 1. The lowest BCUT2D eigenvalue weighted by Crippen LogP contribution is -2.09. The molecular formula is C19H15NO. The number of allylic oxidation sites excluding steroid dienone is 3. The molecule has 2 heteroatoms. The lowest BCUT2D eigenvalue weighted by atomic mass is 9.87. The van der Waals surface area contributed by atoms with Gasteiger partial charge in [-0.1, -0.05) is 60.7 Å². The Morgan fingerprint density at radius 1 is 0.952 bits per heavy atom. The molecule has 102 valence electrons. The summed E-state index contributed by atoms with van der Waals surface area (Å²) >= 11 is 0. The van der Waals surface area contributed by atoms with Crippen molar-refractivity contribution in [3.63, 3.8) is 0 Å². The molecule has 3 rings (SSSR count). The summed E-state index contributed by atoms with van der Waals surface area (Å²) in [6.07, 6.45) is 2.00. The van der Waals surface area contributed by atoms with Gasteiger partial charge in [-0.05, 0) is 18.6 Å². The van der Waals surface area contributed by atoms with Crippen LogP contribution in [0.2, 0.25) is 0 Å². The van der Waals surface area contributed by atoms with Crippen LogP contribution in [0, 0.1) is 11.3 Å². The first-order chi connectivity index (χ1) is 10.3. The van der Waals surface area contributed by atoms with Gasteiger partial charge in [-0.3, -0.25) is 0 Å². The molecule has 1 aliphatic heterocycles. The van der Waals surface area contributed by atoms with E-state index in [2.05, 4.69) is 6.07 Å². The number of benzene rings is 2. The van der Waals surface area contributed by atoms with Crippen molar-refractivity contribution in [3.8, 4) is 6.07 Å². The van der Waals surface area contributed by atoms with Crippen molar-refractivity contribution in [1.29, 1.82) is 5.26 Å². The average molecular weight is 273 g/mol. The van der Waals surface area contributed by atoms with Crippen LogP contribution in [0.15, 0.2) is 78.1 Å². The maximum absolute atomic E-state index is 9.62. The minimum atomic E-state index is -0.0554. The van der Waals surface area contributed by atoms with Gasteiger partial charge in [-0.25, -0.2) is 0 Å². The predicted octanol–water partition coefficient (Wildman–Crippen LogP) is 4.64. The van der Waals surface area contributed by atoms with E-state index in [1.54, 1.807) is 0 Å². The van der Waals surface area contributed by atoms with E-state index in [4.69, 9.17) is 4.74 Å². The molecule has 0 aromatic heterocycles. The van der Waals surface area contributed by atoms with Gasteiger partial charge in [-0.15, -0.1) is 0 Å². The SMILES string of the molecule is CC1=CC(c2ccccc2)C(C#N)=C(c2ccccc2)O1. The van der Waals surface area contributed by atoms with Gasteiger partial charge < -0.3 is 4.74 Å². The lowest BCUT2D eigenvalue weighted by Gasteiger charge is -2.23. The number of nitrogens with zero attached hydrogens (tertiary/aromatic N) is 1. The zero-order chi connectivity index (χ0) is 14.7. The van der Waals surface area contributed by atoms with Gasteiger partial charge in [0.15, 0.2) is 0 Å². The maximum Gasteiger partial charge on any atom is 0.148 e. The third-order valence-corrected chi connectivity index (χ3v) is 3.54. The van der Waals surface area contributed by atoms with E-state index >= 15 is 0 Å². The highest BCUT2D eigenvalue weighted by atomic mass is 16.5. The van der Waals surface area contributed by atoms with Crippen LogP contribution in [-0.2, 0) is 4.74 Å². The summed E-state index contributed by atoms with van der Waals surface area (Å²) in [7, 11) is 0. The molecule has 0 saturated heterocycles. The highest BCUT2D eigenvalue weighted by molar-refractivity contribution is 5.71. The first kappa shape index (κ1) is 13.2. The van der Waals surface area contributed by atoms with Gasteiger partial charge in [0.2, 0.25) is 0 Å². The fourth-order valence-electron chi connectivity index (χ4n) is 2.56. The van der Waals surface area contributed by atoms with E-state index in [9.17, 15) is 5.26 Å². The van der Waals surface area contributed by atoms with Gasteiger partial charge in [0.05, 0.1) is 17.4 Å². The monoisotopic (exact) mass is 273 g/mol. The van der Waals surface area contributed by atoms with Crippen LogP contribution in [0.1, 0.15) is 24.0 Å². The van der Waals surface area contributed by atoms with E-state index in [0.717, 1.165) is 16.9 Å². The average Bonchev–Trinajstić information content (AvgIpc) is 2.55. The standard InChI is InChI=1S/C19H15NO/c1-14-12-17(15-8-4-2-5-9-15)18(13-20)19(21-14)16-10-6-3-7-11-16/h2-12,17H,1H3. The molecule has 0 amide bonds. The molecule has 1 unspecified atom stereocenters. The van der Waals surface area contributed by atoms with Crippen LogP contribution in [0.3, 0.4) is 0 Å². The zero-order valence-corrected chi connectivity index (χ0v) is 11.8. The molecular weight excluding hydrogens is 258 g/mol. The van der Waals surface area contributed by atoms with Crippen LogP contribution in [0.25, 0.3) is 5.76 Å². The quantitative estimate of drug-likeness (QED) is 0.798. The summed E-state index contributed by atoms with van der Waals surface area (Å²) in [6.45, 7) is 1.92. The summed E-state index contributed by atoms with van der Waals surface area (Å²) in [5.41, 5.74) is 2.69. The van der Waals surface area contributed by atoms with Crippen molar-refractivity contribution in [2.45, 2.75) is 12.8 Å². The highest BCUT2D eigenvalue weighted by Gasteiger charge is 2.25. The smallest absolute Gasteiger partial charge is 0.148 e. The molecule has 0 spiro atoms. The Labute approximate surface area is 124 Å². The van der Waals surface area contributed by atoms with Crippen LogP contribution < -0.4 is 0 Å². The van der Waals surface area contributed by atoms with Crippen LogP contribution >= 0.6 is 0 Å². The van der Waals surface area contributed by atoms with Crippen molar-refractivity contribution in [1.82, 2.24) is 0 Å². The van der Waals surface area contributed by atoms with Crippen LogP contribution in [0.5, 0.6) is 0 Å². The molecule has 2 nitrogen and oxygen atoms in total. The van der Waals surface area contributed by atoms with Gasteiger partial charge in [0.25, 0.3) is 0 Å². The second-order valence-electron chi connectivity index (χ2n) is 4.99. The maximum atomic E-state index is 9.62. The second kappa shape index (κ2) is 5.68. The minimum absolute atomic E-state index is 0.0554. The van der Waals surface area contributed by atoms with Gasteiger partial charge in [0, 0.05) is 11.5 Å². The second-order valence-corrected chi connectivity index (χ2v) is 4.99. The zero-order valence-electron chi connectivity index (χ0n) is 11.8. The summed E-state index contributed by atoms with van der Waals surface area (Å²) in [6, 6.07) is 22.2. The van der Waals surface area contributed by atoms with Crippen molar-refractivity contribution >= 4 is 5.76 Å². The van der Waals surface area contributed by atoms with Crippen molar-refractivity contribution in [2.24, 2.45) is 0 Å². The first-order valence-electron chi connectivity index (χ1n) is 6.90.